The average Bonchev–Trinajstić information content (AvgIpc) is 2.79. The summed E-state index contributed by atoms with van der Waals surface area (Å²) in [6.45, 7) is 4.28. The van der Waals surface area contributed by atoms with Crippen molar-refractivity contribution in [2.75, 3.05) is 6.54 Å². The van der Waals surface area contributed by atoms with Gasteiger partial charge in [-0.05, 0) is 42.0 Å². The second kappa shape index (κ2) is 10.5. The zero-order valence-corrected chi connectivity index (χ0v) is 17.4. The van der Waals surface area contributed by atoms with Crippen LogP contribution in [0, 0.1) is 0 Å². The number of hydrogen-bond acceptors (Lipinski definition) is 6. The minimum Gasteiger partial charge on any atom is -0.419 e. The number of ether oxygens (including phenoxy) is 2. The maximum Gasteiger partial charge on any atom is 0.343 e. The minimum absolute atomic E-state index is 0.0548. The van der Waals surface area contributed by atoms with Crippen LogP contribution in [0.25, 0.3) is 0 Å². The Bertz CT molecular complexity index is 1020. The smallest absolute Gasteiger partial charge is 0.343 e. The van der Waals surface area contributed by atoms with Crippen LogP contribution in [0.15, 0.2) is 78.9 Å². The molecule has 0 aliphatic rings. The van der Waals surface area contributed by atoms with Crippen LogP contribution in [0.4, 0.5) is 0 Å². The van der Waals surface area contributed by atoms with Gasteiger partial charge in [0, 0.05) is 12.6 Å². The number of aliphatic hydroxyl groups excluding tert-OH is 1. The van der Waals surface area contributed by atoms with Crippen molar-refractivity contribution in [2.24, 2.45) is 0 Å². The normalized spacial score (nSPS) is 11.7. The van der Waals surface area contributed by atoms with Gasteiger partial charge in [-0.25, -0.2) is 9.59 Å². The van der Waals surface area contributed by atoms with Gasteiger partial charge in [0.25, 0.3) is 0 Å². The summed E-state index contributed by atoms with van der Waals surface area (Å²) < 4.78 is 11.0. The maximum atomic E-state index is 12.6. The third kappa shape index (κ3) is 6.25. The zero-order chi connectivity index (χ0) is 22.2. The van der Waals surface area contributed by atoms with E-state index in [1.165, 1.54) is 12.1 Å². The molecule has 0 aromatic heterocycles. The van der Waals surface area contributed by atoms with Crippen molar-refractivity contribution in [2.45, 2.75) is 26.0 Å². The van der Waals surface area contributed by atoms with Gasteiger partial charge < -0.3 is 19.9 Å². The summed E-state index contributed by atoms with van der Waals surface area (Å²) in [6, 6.07) is 21.9. The van der Waals surface area contributed by atoms with Crippen molar-refractivity contribution in [1.82, 2.24) is 5.32 Å². The Hall–Kier alpha value is -3.48. The van der Waals surface area contributed by atoms with Crippen LogP contribution >= 0.6 is 0 Å². The fourth-order valence-electron chi connectivity index (χ4n) is 2.83. The lowest BCUT2D eigenvalue weighted by atomic mass is 10.1. The number of rotatable bonds is 8. The van der Waals surface area contributed by atoms with Gasteiger partial charge in [-0.1, -0.05) is 56.3 Å². The Morgan fingerprint density at radius 3 is 1.84 bits per heavy atom. The van der Waals surface area contributed by atoms with E-state index in [1.54, 1.807) is 66.7 Å². The number of carbonyl (C=O) groups is 2. The Kier molecular flexibility index (Phi) is 7.54. The van der Waals surface area contributed by atoms with Gasteiger partial charge in [0.05, 0.1) is 17.2 Å². The molecule has 0 amide bonds. The quantitative estimate of drug-likeness (QED) is 0.421. The summed E-state index contributed by atoms with van der Waals surface area (Å²) in [5.41, 5.74) is 1.26. The van der Waals surface area contributed by atoms with E-state index in [4.69, 9.17) is 9.47 Å². The number of hydrogen-bond donors (Lipinski definition) is 2. The van der Waals surface area contributed by atoms with Gasteiger partial charge >= 0.3 is 11.9 Å². The van der Waals surface area contributed by atoms with Crippen molar-refractivity contribution >= 4 is 11.9 Å². The van der Waals surface area contributed by atoms with Crippen molar-refractivity contribution in [3.05, 3.63) is 95.6 Å². The van der Waals surface area contributed by atoms with E-state index < -0.39 is 18.0 Å². The fraction of sp³-hybridized carbons (Fsp3) is 0.200. The van der Waals surface area contributed by atoms with Crippen LogP contribution in [0.3, 0.4) is 0 Å². The van der Waals surface area contributed by atoms with Gasteiger partial charge in [-0.15, -0.1) is 0 Å². The molecule has 6 heteroatoms. The summed E-state index contributed by atoms with van der Waals surface area (Å²) >= 11 is 0. The van der Waals surface area contributed by atoms with Crippen molar-refractivity contribution in [1.29, 1.82) is 0 Å². The van der Waals surface area contributed by atoms with Crippen LogP contribution in [0.5, 0.6) is 11.5 Å². The van der Waals surface area contributed by atoms with E-state index in [2.05, 4.69) is 5.32 Å². The predicted octanol–water partition coefficient (Wildman–Crippen LogP) is 4.16. The number of aliphatic hydroxyl groups is 1. The topological polar surface area (TPSA) is 84.9 Å². The highest BCUT2D eigenvalue weighted by Crippen LogP contribution is 2.32. The SMILES string of the molecule is CC(C)NC[C@@H](O)c1ccc(OC(=O)c2ccccc2)c(OC(=O)c2ccccc2)c1. The van der Waals surface area contributed by atoms with Gasteiger partial charge in [0.15, 0.2) is 11.5 Å². The average molecular weight is 419 g/mol. The Balaban J connectivity index is 1.87. The summed E-state index contributed by atoms with van der Waals surface area (Å²) in [5.74, 6) is -1.03. The summed E-state index contributed by atoms with van der Waals surface area (Å²) in [7, 11) is 0. The summed E-state index contributed by atoms with van der Waals surface area (Å²) in [5, 5.41) is 13.6. The molecule has 3 rings (SSSR count). The second-order valence-electron chi connectivity index (χ2n) is 7.30. The molecule has 3 aromatic rings. The molecule has 0 saturated heterocycles. The van der Waals surface area contributed by atoms with E-state index in [1.807, 2.05) is 13.8 Å². The van der Waals surface area contributed by atoms with E-state index in [0.29, 0.717) is 23.2 Å². The van der Waals surface area contributed by atoms with Crippen LogP contribution in [-0.4, -0.2) is 29.6 Å². The number of carbonyl (C=O) groups excluding carboxylic acids is 2. The Morgan fingerprint density at radius 2 is 1.32 bits per heavy atom. The highest BCUT2D eigenvalue weighted by Gasteiger charge is 2.19. The summed E-state index contributed by atoms with van der Waals surface area (Å²) in [4.78, 5) is 25.1. The first-order valence-corrected chi connectivity index (χ1v) is 10.0. The highest BCUT2D eigenvalue weighted by atomic mass is 16.6. The number of esters is 2. The molecule has 6 nitrogen and oxygen atoms in total. The molecule has 0 radical (unpaired) electrons. The second-order valence-corrected chi connectivity index (χ2v) is 7.30. The molecule has 0 spiro atoms. The van der Waals surface area contributed by atoms with Gasteiger partial charge in [-0.3, -0.25) is 0 Å². The number of benzene rings is 3. The van der Waals surface area contributed by atoms with Gasteiger partial charge in [0.1, 0.15) is 0 Å². The third-order valence-electron chi connectivity index (χ3n) is 4.50. The highest BCUT2D eigenvalue weighted by molar-refractivity contribution is 5.93. The molecule has 1 atom stereocenters. The van der Waals surface area contributed by atoms with Crippen molar-refractivity contribution < 1.29 is 24.2 Å². The molecule has 160 valence electrons. The fourth-order valence-corrected chi connectivity index (χ4v) is 2.83. The van der Waals surface area contributed by atoms with Crippen LogP contribution in [-0.2, 0) is 0 Å². The molecule has 0 aliphatic carbocycles. The molecule has 0 aliphatic heterocycles. The maximum absolute atomic E-state index is 12.6. The Morgan fingerprint density at radius 1 is 0.806 bits per heavy atom. The largest absolute Gasteiger partial charge is 0.419 e. The Labute approximate surface area is 181 Å². The molecule has 0 bridgehead atoms. The monoisotopic (exact) mass is 419 g/mol. The first kappa shape index (κ1) is 22.2. The molecule has 31 heavy (non-hydrogen) atoms. The van der Waals surface area contributed by atoms with E-state index in [9.17, 15) is 14.7 Å². The molecule has 3 aromatic carbocycles. The molecule has 0 heterocycles. The minimum atomic E-state index is -0.824. The predicted molar refractivity (Wildman–Crippen MR) is 117 cm³/mol. The zero-order valence-electron chi connectivity index (χ0n) is 17.4. The lowest BCUT2D eigenvalue weighted by Gasteiger charge is -2.17. The van der Waals surface area contributed by atoms with E-state index >= 15 is 0 Å². The molecule has 0 unspecified atom stereocenters. The van der Waals surface area contributed by atoms with Gasteiger partial charge in [-0.2, -0.15) is 0 Å². The standard InChI is InChI=1S/C25H25NO5/c1-17(2)26-16-21(27)20-13-14-22(30-24(28)18-9-5-3-6-10-18)23(15-20)31-25(29)19-11-7-4-8-12-19/h3-15,17,21,26-27H,16H2,1-2H3/t21-/m1/s1. The molecule has 0 saturated carbocycles. The number of nitrogens with one attached hydrogen (secondary N) is 1. The van der Waals surface area contributed by atoms with Crippen molar-refractivity contribution in [3.8, 4) is 11.5 Å². The first-order valence-electron chi connectivity index (χ1n) is 10.0. The van der Waals surface area contributed by atoms with Crippen LogP contribution in [0.2, 0.25) is 0 Å². The summed E-state index contributed by atoms with van der Waals surface area (Å²) in [6.07, 6.45) is -0.824. The molecular weight excluding hydrogens is 394 g/mol. The van der Waals surface area contributed by atoms with Gasteiger partial charge in [0.2, 0.25) is 0 Å². The van der Waals surface area contributed by atoms with Crippen LogP contribution < -0.4 is 14.8 Å². The van der Waals surface area contributed by atoms with Crippen molar-refractivity contribution in [3.63, 3.8) is 0 Å². The molecule has 0 fully saturated rings. The third-order valence-corrected chi connectivity index (χ3v) is 4.50. The first-order chi connectivity index (χ1) is 14.9. The molecule has 2 N–H and O–H groups in total. The lowest BCUT2D eigenvalue weighted by molar-refractivity contribution is 0.0681. The van der Waals surface area contributed by atoms with E-state index in [0.717, 1.165) is 0 Å². The van der Waals surface area contributed by atoms with E-state index in [-0.39, 0.29) is 17.5 Å². The lowest BCUT2D eigenvalue weighted by Crippen LogP contribution is -2.27. The van der Waals surface area contributed by atoms with Crippen LogP contribution in [0.1, 0.15) is 46.2 Å². The molecular formula is C25H25NO5.